The Labute approximate surface area is 361 Å². The predicted octanol–water partition coefficient (Wildman–Crippen LogP) is 9.04. The van der Waals surface area contributed by atoms with E-state index in [4.69, 9.17) is 29.2 Å². The van der Waals surface area contributed by atoms with Crippen molar-refractivity contribution in [3.05, 3.63) is 161 Å². The Morgan fingerprint density at radius 3 is 1.82 bits per heavy atom. The first-order chi connectivity index (χ1) is 29.8. The number of ether oxygens (including phenoxy) is 1. The van der Waals surface area contributed by atoms with E-state index in [-0.39, 0.29) is 55.0 Å². The van der Waals surface area contributed by atoms with E-state index in [0.29, 0.717) is 44.5 Å². The number of piperidine rings is 2. The largest absolute Gasteiger partial charge is 0.445 e. The van der Waals surface area contributed by atoms with Gasteiger partial charge >= 0.3 is 6.09 Å². The molecule has 2 fully saturated rings. The number of hydrogen-bond acceptors (Lipinski definition) is 7. The molecule has 6 heterocycles. The molecule has 3 aromatic carbocycles. The summed E-state index contributed by atoms with van der Waals surface area (Å²) in [5, 5.41) is 3.19. The molecule has 7 aromatic rings. The number of alkyl halides is 4. The summed E-state index contributed by atoms with van der Waals surface area (Å²) in [7, 11) is 0. The van der Waals surface area contributed by atoms with E-state index in [1.54, 1.807) is 41.2 Å². The van der Waals surface area contributed by atoms with Crippen molar-refractivity contribution in [2.24, 2.45) is 0 Å². The molecule has 18 heteroatoms. The van der Waals surface area contributed by atoms with Crippen LogP contribution in [0.3, 0.4) is 0 Å². The van der Waals surface area contributed by atoms with Gasteiger partial charge in [-0.2, -0.15) is 0 Å². The number of H-pyrrole nitrogens is 4. The normalized spacial score (nSPS) is 18.3. The van der Waals surface area contributed by atoms with Gasteiger partial charge in [0.25, 0.3) is 23.0 Å². The third kappa shape index (κ3) is 9.22. The average Bonchev–Trinajstić information content (AvgIpc) is 3.95. The predicted molar refractivity (Wildman–Crippen MR) is 232 cm³/mol. The van der Waals surface area contributed by atoms with Gasteiger partial charge in [0.15, 0.2) is 9.54 Å². The molecule has 0 radical (unpaired) electrons. The Bertz CT molecular complexity index is 2980. The van der Waals surface area contributed by atoms with Crippen molar-refractivity contribution < 1.29 is 27.1 Å². The van der Waals surface area contributed by atoms with Gasteiger partial charge in [0, 0.05) is 57.2 Å². The summed E-state index contributed by atoms with van der Waals surface area (Å²) in [4.78, 5) is 49.8. The van der Waals surface area contributed by atoms with Crippen molar-refractivity contribution in [1.82, 2.24) is 39.3 Å². The first-order valence-electron chi connectivity index (χ1n) is 20.0. The molecule has 2 aliphatic heterocycles. The van der Waals surface area contributed by atoms with Gasteiger partial charge in [-0.25, -0.2) is 22.4 Å². The molecule has 5 N–H and O–H groups in total. The van der Waals surface area contributed by atoms with Crippen molar-refractivity contribution in [3.8, 4) is 0 Å². The third-order valence-electron chi connectivity index (χ3n) is 11.3. The number of fused-ring (bicyclic) bond motifs is 2. The molecule has 2 saturated heterocycles. The number of carbonyl (C=O) groups excluding carboxylic acids is 1. The maximum Gasteiger partial charge on any atom is 0.410 e. The van der Waals surface area contributed by atoms with Crippen LogP contribution in [0.1, 0.15) is 65.6 Å². The second-order valence-electron chi connectivity index (χ2n) is 15.4. The Kier molecular flexibility index (Phi) is 12.2. The Balaban J connectivity index is 0.000000180. The van der Waals surface area contributed by atoms with E-state index in [9.17, 15) is 31.9 Å². The lowest BCUT2D eigenvalue weighted by Crippen LogP contribution is -2.45. The summed E-state index contributed by atoms with van der Waals surface area (Å²) >= 11 is 10.7. The summed E-state index contributed by atoms with van der Waals surface area (Å²) in [5.74, 6) is -5.58. The van der Waals surface area contributed by atoms with Crippen LogP contribution in [0, 0.1) is 9.54 Å². The number of nitrogens with zero attached hydrogens (tertiary/aromatic N) is 3. The van der Waals surface area contributed by atoms with Crippen LogP contribution in [0.5, 0.6) is 0 Å². The summed E-state index contributed by atoms with van der Waals surface area (Å²) in [5.41, 5.74) is 5.36. The van der Waals surface area contributed by atoms with Gasteiger partial charge in [-0.15, -0.1) is 0 Å². The maximum atomic E-state index is 14.6. The quantitative estimate of drug-likeness (QED) is 0.0756. The monoisotopic (exact) mass is 886 g/mol. The maximum absolute atomic E-state index is 14.6. The molecule has 1 amide bonds. The number of aromatic amines is 4. The zero-order chi connectivity index (χ0) is 43.6. The number of aromatic nitrogens is 6. The summed E-state index contributed by atoms with van der Waals surface area (Å²) in [6.07, 6.45) is 1.38. The van der Waals surface area contributed by atoms with Crippen molar-refractivity contribution in [3.63, 3.8) is 0 Å². The minimum atomic E-state index is -2.92. The first-order valence-corrected chi connectivity index (χ1v) is 20.8. The minimum absolute atomic E-state index is 0.0545. The molecular weight excluding hydrogens is 845 g/mol. The fourth-order valence-electron chi connectivity index (χ4n) is 8.24. The fraction of sp³-hybridized carbons (Fsp3) is 0.295. The number of nitrogens with one attached hydrogen (secondary N) is 5. The molecule has 2 aliphatic rings. The first kappa shape index (κ1) is 42.6. The lowest BCUT2D eigenvalue weighted by molar-refractivity contribution is -0.0754. The van der Waals surface area contributed by atoms with E-state index in [1.165, 1.54) is 4.90 Å². The van der Waals surface area contributed by atoms with Crippen molar-refractivity contribution in [1.29, 1.82) is 0 Å². The number of halogens is 4. The zero-order valence-electron chi connectivity index (χ0n) is 33.1. The van der Waals surface area contributed by atoms with E-state index in [1.807, 2.05) is 71.3 Å². The summed E-state index contributed by atoms with van der Waals surface area (Å²) < 4.78 is 66.5. The zero-order valence-corrected chi connectivity index (χ0v) is 34.8. The van der Waals surface area contributed by atoms with E-state index >= 15 is 0 Å². The van der Waals surface area contributed by atoms with Crippen LogP contribution >= 0.6 is 24.4 Å². The van der Waals surface area contributed by atoms with Gasteiger partial charge in [-0.05, 0) is 64.4 Å². The van der Waals surface area contributed by atoms with Gasteiger partial charge in [-0.1, -0.05) is 78.9 Å². The van der Waals surface area contributed by atoms with Crippen LogP contribution in [0.4, 0.5) is 22.4 Å². The number of carbonyl (C=O) groups is 1. The average molecular weight is 887 g/mol. The number of rotatable bonds is 8. The number of likely N-dealkylation sites (tertiary alicyclic amines) is 1. The van der Waals surface area contributed by atoms with E-state index in [0.717, 1.165) is 16.7 Å². The Morgan fingerprint density at radius 1 is 0.694 bits per heavy atom. The number of hydrogen-bond donors (Lipinski definition) is 5. The third-order valence-corrected chi connectivity index (χ3v) is 12.0. The number of benzene rings is 3. The lowest BCUT2D eigenvalue weighted by atomic mass is 9.90. The molecule has 0 aliphatic carbocycles. The molecule has 0 bridgehead atoms. The highest BCUT2D eigenvalue weighted by atomic mass is 32.1. The molecule has 0 spiro atoms. The SMILES string of the molecule is O=C(OCc1ccccc1)N1CCC(F)(F)CC1c1ccccc1Cn1c(=S)[nH]c(=O)c2[nH]ccc21.O=c1[nH]c(=S)n(Cc2ccccc2C2CC(F)(F)CCN2)c2cc[nH]c12. The minimum Gasteiger partial charge on any atom is -0.445 e. The molecule has 2 unspecified atom stereocenters. The standard InChI is InChI=1S/C26H24F2N4O3S.C18H18F2N4OS/c27-26(28)11-13-31(25(34)35-16-17-6-2-1-3-7-17)21(14-26)19-9-5-4-8-18(19)15-32-20-10-12-29-22(20)23(33)30-24(32)36;19-18(20)6-8-21-13(9-18)12-4-2-1-3-11(12)10-24-14-5-7-22-15(14)16(25)23-17(24)26/h1-10,12,21,29H,11,13-16H2,(H,30,33,36);1-5,7,13,21-22H,6,8-10H2,(H,23,25,26). The van der Waals surface area contributed by atoms with Crippen LogP contribution < -0.4 is 16.4 Å². The van der Waals surface area contributed by atoms with Crippen LogP contribution in [0.25, 0.3) is 22.1 Å². The summed E-state index contributed by atoms with van der Waals surface area (Å²) in [6.45, 7) is 0.837. The highest BCUT2D eigenvalue weighted by Gasteiger charge is 2.44. The highest BCUT2D eigenvalue weighted by molar-refractivity contribution is 7.71. The van der Waals surface area contributed by atoms with Crippen LogP contribution in [0.2, 0.25) is 0 Å². The molecule has 2 atom stereocenters. The summed E-state index contributed by atoms with van der Waals surface area (Å²) in [6, 6.07) is 26.1. The van der Waals surface area contributed by atoms with Crippen molar-refractivity contribution in [2.75, 3.05) is 13.1 Å². The molecular formula is C44H42F4N8O4S2. The van der Waals surface area contributed by atoms with Gasteiger partial charge in [0.2, 0.25) is 0 Å². The Hall–Kier alpha value is -6.11. The fourth-order valence-corrected chi connectivity index (χ4v) is 8.75. The number of amides is 1. The van der Waals surface area contributed by atoms with E-state index in [2.05, 4.69) is 25.3 Å². The topological polar surface area (TPSA) is 149 Å². The van der Waals surface area contributed by atoms with Gasteiger partial charge in [-0.3, -0.25) is 19.6 Å². The molecule has 322 valence electrons. The highest BCUT2D eigenvalue weighted by Crippen LogP contribution is 2.42. The lowest BCUT2D eigenvalue weighted by Gasteiger charge is -2.39. The Morgan fingerprint density at radius 2 is 1.23 bits per heavy atom. The van der Waals surface area contributed by atoms with Crippen molar-refractivity contribution in [2.45, 2.75) is 69.3 Å². The molecule has 4 aromatic heterocycles. The molecule has 0 saturated carbocycles. The smallest absolute Gasteiger partial charge is 0.410 e. The molecule has 12 nitrogen and oxygen atoms in total. The van der Waals surface area contributed by atoms with Crippen LogP contribution in [0.15, 0.2) is 113 Å². The van der Waals surface area contributed by atoms with Gasteiger partial charge in [0.1, 0.15) is 17.6 Å². The van der Waals surface area contributed by atoms with Gasteiger partial charge < -0.3 is 34.1 Å². The molecule has 9 rings (SSSR count). The van der Waals surface area contributed by atoms with Crippen molar-refractivity contribution >= 4 is 52.6 Å². The van der Waals surface area contributed by atoms with Crippen LogP contribution in [-0.4, -0.2) is 65.0 Å². The van der Waals surface area contributed by atoms with E-state index < -0.39 is 42.9 Å². The van der Waals surface area contributed by atoms with Gasteiger partial charge in [0.05, 0.1) is 30.2 Å². The second kappa shape index (κ2) is 17.7. The van der Waals surface area contributed by atoms with Crippen LogP contribution in [-0.2, 0) is 24.4 Å². The molecule has 62 heavy (non-hydrogen) atoms. The second-order valence-corrected chi connectivity index (χ2v) is 16.2.